The largest absolute Gasteiger partial charge is 0.360 e. The molecule has 1 heterocycles. The third-order valence-electron chi connectivity index (χ3n) is 3.18. The van der Waals surface area contributed by atoms with Gasteiger partial charge >= 0.3 is 0 Å². The maximum atomic E-state index is 4.54. The van der Waals surface area contributed by atoms with E-state index in [0.29, 0.717) is 5.92 Å². The van der Waals surface area contributed by atoms with Crippen molar-refractivity contribution in [1.82, 2.24) is 10.3 Å². The predicted octanol–water partition coefficient (Wildman–Crippen LogP) is 3.45. The average molecular weight is 263 g/mol. The van der Waals surface area contributed by atoms with E-state index in [2.05, 4.69) is 55.2 Å². The molecule has 0 aromatic carbocycles. The highest BCUT2D eigenvalue weighted by Crippen LogP contribution is 2.10. The minimum absolute atomic E-state index is 0.692. The van der Waals surface area contributed by atoms with Crippen molar-refractivity contribution in [3.63, 3.8) is 0 Å². The molecule has 0 aliphatic carbocycles. The summed E-state index contributed by atoms with van der Waals surface area (Å²) in [6.45, 7) is 9.73. The molecule has 3 heteroatoms. The van der Waals surface area contributed by atoms with E-state index in [1.54, 1.807) is 0 Å². The highest BCUT2D eigenvalue weighted by molar-refractivity contribution is 5.38. The Morgan fingerprint density at radius 2 is 2.05 bits per heavy atom. The maximum Gasteiger partial charge on any atom is 0.128 e. The van der Waals surface area contributed by atoms with Gasteiger partial charge in [-0.15, -0.1) is 0 Å². The second kappa shape index (κ2) is 8.92. The van der Waals surface area contributed by atoms with Crippen molar-refractivity contribution < 1.29 is 0 Å². The van der Waals surface area contributed by atoms with E-state index in [4.69, 9.17) is 0 Å². The Labute approximate surface area is 118 Å². The lowest BCUT2D eigenvalue weighted by atomic mass is 10.2. The zero-order chi connectivity index (χ0) is 14.1. The summed E-state index contributed by atoms with van der Waals surface area (Å²) in [4.78, 5) is 6.78. The van der Waals surface area contributed by atoms with Gasteiger partial charge in [0.25, 0.3) is 0 Å². The zero-order valence-corrected chi connectivity index (χ0v) is 12.9. The van der Waals surface area contributed by atoms with E-state index in [1.165, 1.54) is 24.8 Å². The van der Waals surface area contributed by atoms with Crippen molar-refractivity contribution >= 4 is 5.82 Å². The number of pyridine rings is 1. The maximum absolute atomic E-state index is 4.54. The summed E-state index contributed by atoms with van der Waals surface area (Å²) in [5.74, 6) is 1.76. The Morgan fingerprint density at radius 3 is 2.63 bits per heavy atom. The first kappa shape index (κ1) is 16.0. The van der Waals surface area contributed by atoms with Crippen LogP contribution >= 0.6 is 0 Å². The number of unbranched alkanes of at least 4 members (excludes halogenated alkanes) is 2. The standard InChI is InChI=1S/C16H29N3/c1-5-6-7-10-19(4)16-9-8-15(13-18-16)12-17-11-14(2)3/h8-9,13-14,17H,5-7,10-12H2,1-4H3. The highest BCUT2D eigenvalue weighted by atomic mass is 15.2. The number of rotatable bonds is 9. The molecule has 0 bridgehead atoms. The molecule has 0 unspecified atom stereocenters. The predicted molar refractivity (Wildman–Crippen MR) is 83.6 cm³/mol. The highest BCUT2D eigenvalue weighted by Gasteiger charge is 2.02. The van der Waals surface area contributed by atoms with Gasteiger partial charge in [-0.2, -0.15) is 0 Å². The van der Waals surface area contributed by atoms with Crippen LogP contribution in [0.1, 0.15) is 45.6 Å². The lowest BCUT2D eigenvalue weighted by molar-refractivity contribution is 0.552. The number of nitrogens with zero attached hydrogens (tertiary/aromatic N) is 2. The van der Waals surface area contributed by atoms with Gasteiger partial charge < -0.3 is 10.2 Å². The van der Waals surface area contributed by atoms with Crippen molar-refractivity contribution in [2.24, 2.45) is 5.92 Å². The quantitative estimate of drug-likeness (QED) is 0.692. The molecule has 0 radical (unpaired) electrons. The summed E-state index contributed by atoms with van der Waals surface area (Å²) in [6, 6.07) is 4.30. The molecule has 0 spiro atoms. The van der Waals surface area contributed by atoms with Crippen LogP contribution in [-0.2, 0) is 6.54 Å². The fourth-order valence-electron chi connectivity index (χ4n) is 1.97. The molecule has 19 heavy (non-hydrogen) atoms. The molecule has 0 aliphatic heterocycles. The van der Waals surface area contributed by atoms with Crippen molar-refractivity contribution in [2.75, 3.05) is 25.0 Å². The minimum Gasteiger partial charge on any atom is -0.360 e. The van der Waals surface area contributed by atoms with Crippen molar-refractivity contribution in [1.29, 1.82) is 0 Å². The van der Waals surface area contributed by atoms with Gasteiger partial charge in [0.2, 0.25) is 0 Å². The summed E-state index contributed by atoms with van der Waals surface area (Å²) in [7, 11) is 2.12. The summed E-state index contributed by atoms with van der Waals surface area (Å²) in [5.41, 5.74) is 1.26. The smallest absolute Gasteiger partial charge is 0.128 e. The SMILES string of the molecule is CCCCCN(C)c1ccc(CNCC(C)C)cn1. The van der Waals surface area contributed by atoms with E-state index in [9.17, 15) is 0 Å². The first-order valence-corrected chi connectivity index (χ1v) is 7.50. The molecule has 3 nitrogen and oxygen atoms in total. The van der Waals surface area contributed by atoms with Crippen LogP contribution in [0.3, 0.4) is 0 Å². The van der Waals surface area contributed by atoms with Crippen LogP contribution in [0.25, 0.3) is 0 Å². The monoisotopic (exact) mass is 263 g/mol. The van der Waals surface area contributed by atoms with Gasteiger partial charge in [0.05, 0.1) is 0 Å². The molecule has 0 fully saturated rings. The average Bonchev–Trinajstić information content (AvgIpc) is 2.39. The Morgan fingerprint density at radius 1 is 1.26 bits per heavy atom. The molecular weight excluding hydrogens is 234 g/mol. The third-order valence-corrected chi connectivity index (χ3v) is 3.18. The third kappa shape index (κ3) is 6.58. The number of hydrogen-bond acceptors (Lipinski definition) is 3. The van der Waals surface area contributed by atoms with Crippen molar-refractivity contribution in [3.8, 4) is 0 Å². The molecule has 0 amide bonds. The van der Waals surface area contributed by atoms with Crippen LogP contribution < -0.4 is 10.2 Å². The number of aromatic nitrogens is 1. The summed E-state index contributed by atoms with van der Waals surface area (Å²) in [6.07, 6.45) is 5.79. The van der Waals surface area contributed by atoms with Gasteiger partial charge in [-0.25, -0.2) is 4.98 Å². The lowest BCUT2D eigenvalue weighted by Crippen LogP contribution is -2.21. The topological polar surface area (TPSA) is 28.2 Å². The normalized spacial score (nSPS) is 11.0. The summed E-state index contributed by atoms with van der Waals surface area (Å²) >= 11 is 0. The number of hydrogen-bond donors (Lipinski definition) is 1. The van der Waals surface area contributed by atoms with Crippen LogP contribution in [0.5, 0.6) is 0 Å². The van der Waals surface area contributed by atoms with E-state index in [1.807, 2.05) is 6.20 Å². The lowest BCUT2D eigenvalue weighted by Gasteiger charge is -2.18. The molecule has 1 aromatic rings. The van der Waals surface area contributed by atoms with Gasteiger partial charge in [-0.1, -0.05) is 39.7 Å². The van der Waals surface area contributed by atoms with Crippen LogP contribution in [0, 0.1) is 5.92 Å². The van der Waals surface area contributed by atoms with Crippen LogP contribution in [-0.4, -0.2) is 25.1 Å². The molecule has 108 valence electrons. The Balaban J connectivity index is 2.37. The van der Waals surface area contributed by atoms with Gasteiger partial charge in [0.1, 0.15) is 5.82 Å². The summed E-state index contributed by atoms with van der Waals surface area (Å²) in [5, 5.41) is 3.44. The fourth-order valence-corrected chi connectivity index (χ4v) is 1.97. The van der Waals surface area contributed by atoms with Gasteiger partial charge in [0.15, 0.2) is 0 Å². The second-order valence-electron chi connectivity index (χ2n) is 5.68. The first-order chi connectivity index (χ1) is 9.13. The molecule has 0 atom stereocenters. The van der Waals surface area contributed by atoms with Crippen molar-refractivity contribution in [3.05, 3.63) is 23.9 Å². The molecule has 1 N–H and O–H groups in total. The van der Waals surface area contributed by atoms with Gasteiger partial charge in [0, 0.05) is 26.3 Å². The second-order valence-corrected chi connectivity index (χ2v) is 5.68. The summed E-state index contributed by atoms with van der Waals surface area (Å²) < 4.78 is 0. The molecular formula is C16H29N3. The van der Waals surface area contributed by atoms with E-state index >= 15 is 0 Å². The zero-order valence-electron chi connectivity index (χ0n) is 12.9. The van der Waals surface area contributed by atoms with Crippen LogP contribution in [0.4, 0.5) is 5.82 Å². The van der Waals surface area contributed by atoms with Crippen molar-refractivity contribution in [2.45, 2.75) is 46.6 Å². The van der Waals surface area contributed by atoms with Crippen LogP contribution in [0.2, 0.25) is 0 Å². The molecule has 0 aliphatic rings. The Kier molecular flexibility index (Phi) is 7.49. The molecule has 1 aromatic heterocycles. The number of anilines is 1. The van der Waals surface area contributed by atoms with E-state index in [-0.39, 0.29) is 0 Å². The molecule has 0 saturated carbocycles. The van der Waals surface area contributed by atoms with Crippen LogP contribution in [0.15, 0.2) is 18.3 Å². The Hall–Kier alpha value is -1.09. The first-order valence-electron chi connectivity index (χ1n) is 7.50. The van der Waals surface area contributed by atoms with Gasteiger partial charge in [-0.05, 0) is 30.5 Å². The van der Waals surface area contributed by atoms with E-state index in [0.717, 1.165) is 25.5 Å². The minimum atomic E-state index is 0.692. The fraction of sp³-hybridized carbons (Fsp3) is 0.688. The molecule has 1 rings (SSSR count). The Bertz CT molecular complexity index is 332. The van der Waals surface area contributed by atoms with E-state index < -0.39 is 0 Å². The molecule has 0 saturated heterocycles. The van der Waals surface area contributed by atoms with Gasteiger partial charge in [-0.3, -0.25) is 0 Å². The number of nitrogens with one attached hydrogen (secondary N) is 1.